The molecule has 0 aliphatic carbocycles. The third-order valence-electron chi connectivity index (χ3n) is 14.3. The van der Waals surface area contributed by atoms with Crippen molar-refractivity contribution < 1.29 is 89.5 Å². The molecule has 20 nitrogen and oxygen atoms in total. The van der Waals surface area contributed by atoms with Crippen molar-refractivity contribution in [2.24, 2.45) is 23.5 Å². The molecule has 0 saturated carbocycles. The summed E-state index contributed by atoms with van der Waals surface area (Å²) in [6.07, 6.45) is 5.92. The summed E-state index contributed by atoms with van der Waals surface area (Å²) in [4.78, 5) is 38.6. The number of carboxylic acids is 1. The molecule has 0 amide bonds. The Balaban J connectivity index is 1.52. The molecule has 2 bridgehead atoms. The second-order valence-electron chi connectivity index (χ2n) is 21.2. The summed E-state index contributed by atoms with van der Waals surface area (Å²) < 4.78 is 23.8. The van der Waals surface area contributed by atoms with Gasteiger partial charge in [-0.05, 0) is 88.5 Å². The summed E-state index contributed by atoms with van der Waals surface area (Å²) in [5, 5.41) is 119. The van der Waals surface area contributed by atoms with E-state index in [1.165, 1.54) is 13.0 Å². The molecule has 3 aliphatic heterocycles. The zero-order valence-corrected chi connectivity index (χ0v) is 44.9. The molecular weight excluding hydrogens is 1010 g/mol. The number of fused-ring (bicyclic) bond motifs is 2. The van der Waals surface area contributed by atoms with Crippen LogP contribution in [0.25, 0.3) is 0 Å². The number of aliphatic carboxylic acids is 1. The van der Waals surface area contributed by atoms with Gasteiger partial charge in [-0.15, -0.1) is 0 Å². The van der Waals surface area contributed by atoms with Crippen LogP contribution in [0.4, 0.5) is 5.69 Å². The minimum atomic E-state index is -2.29. The number of nitrogens with two attached hydrogens (primary N) is 2. The van der Waals surface area contributed by atoms with Crippen LogP contribution in [-0.4, -0.2) is 171 Å². The standard InChI is InChI=1S/C58H86N2O18/c1-35-17-14-12-10-8-6-4-5-7-9-11-13-15-20-46(76-57-54(71)52(60)53(70)37(3)75-57)32-49-51(56(72)73)48(68)34-58(74,78-49)33-45(66)29-43(64)27-40(61)18-16-19-41(62)28-44(65)31-50(69)77-55(35)36(2)21-26-42(63)30-47(67)38-22-24-39(59)25-23-38/h4-15,17,20,22-25,35-37,40-46,48-49,51-55,57,61-66,68,70-71,74H,16,18-19,21,26-34,59-60H2,1-3H3,(H,72,73)/b5-4-,8-6-,9-7+,12-10+,13-11+,17-14+,20-15+/t35?,36?,37-,40?,41?,42?,43?,44?,45?,46?,48?,49+,51?,52+,53-,54-,55?,57?,58?/m1/s1. The molecule has 436 valence electrons. The van der Waals surface area contributed by atoms with Crippen molar-refractivity contribution in [1.82, 2.24) is 0 Å². The summed E-state index contributed by atoms with van der Waals surface area (Å²) in [5.74, 6) is -6.83. The number of allylic oxidation sites excluding steroid dienone is 12. The molecule has 3 heterocycles. The maximum absolute atomic E-state index is 13.3. The third kappa shape index (κ3) is 22.8. The Morgan fingerprint density at radius 3 is 1.87 bits per heavy atom. The summed E-state index contributed by atoms with van der Waals surface area (Å²) in [6, 6.07) is 5.30. The van der Waals surface area contributed by atoms with Crippen LogP contribution in [0.15, 0.2) is 109 Å². The molecule has 4 rings (SSSR count). The lowest BCUT2D eigenvalue weighted by Gasteiger charge is -2.45. The van der Waals surface area contributed by atoms with Crippen molar-refractivity contribution in [1.29, 1.82) is 0 Å². The van der Waals surface area contributed by atoms with Crippen LogP contribution in [0.2, 0.25) is 0 Å². The second-order valence-corrected chi connectivity index (χ2v) is 21.2. The Morgan fingerprint density at radius 2 is 1.28 bits per heavy atom. The van der Waals surface area contributed by atoms with Crippen molar-refractivity contribution >= 4 is 23.4 Å². The Hall–Kier alpha value is -4.75. The number of carbonyl (C=O) groups excluding carboxylic acids is 2. The summed E-state index contributed by atoms with van der Waals surface area (Å²) >= 11 is 0. The smallest absolute Gasteiger partial charge is 0.311 e. The number of cyclic esters (lactones) is 1. The van der Waals surface area contributed by atoms with Gasteiger partial charge in [0.2, 0.25) is 0 Å². The molecule has 2 fully saturated rings. The van der Waals surface area contributed by atoms with Gasteiger partial charge in [-0.2, -0.15) is 0 Å². The van der Waals surface area contributed by atoms with Crippen LogP contribution >= 0.6 is 0 Å². The molecule has 0 spiro atoms. The van der Waals surface area contributed by atoms with E-state index in [1.54, 1.807) is 97.2 Å². The molecule has 0 radical (unpaired) electrons. The van der Waals surface area contributed by atoms with Crippen molar-refractivity contribution in [3.8, 4) is 0 Å². The van der Waals surface area contributed by atoms with Gasteiger partial charge in [-0.3, -0.25) is 14.4 Å². The Morgan fingerprint density at radius 1 is 0.731 bits per heavy atom. The number of hydrogen-bond acceptors (Lipinski definition) is 19. The number of ketones is 1. The minimum Gasteiger partial charge on any atom is -0.481 e. The quantitative estimate of drug-likeness (QED) is 0.0909. The number of carbonyl (C=O) groups is 3. The first-order valence-corrected chi connectivity index (χ1v) is 27.0. The van der Waals surface area contributed by atoms with E-state index in [1.807, 2.05) is 19.9 Å². The number of nitrogen functional groups attached to an aromatic ring is 1. The average Bonchev–Trinajstić information content (AvgIpc) is 3.37. The number of esters is 1. The van der Waals surface area contributed by atoms with E-state index in [-0.39, 0.29) is 75.4 Å². The molecular formula is C58H86N2O18. The predicted molar refractivity (Wildman–Crippen MR) is 290 cm³/mol. The molecule has 14 unspecified atom stereocenters. The van der Waals surface area contributed by atoms with E-state index in [0.29, 0.717) is 17.7 Å². The van der Waals surface area contributed by atoms with Gasteiger partial charge in [0, 0.05) is 42.9 Å². The van der Waals surface area contributed by atoms with Crippen molar-refractivity contribution in [2.45, 2.75) is 202 Å². The van der Waals surface area contributed by atoms with Crippen LogP contribution in [0.1, 0.15) is 115 Å². The molecule has 19 atom stereocenters. The van der Waals surface area contributed by atoms with Gasteiger partial charge in [0.15, 0.2) is 17.9 Å². The number of rotatable bonds is 10. The lowest BCUT2D eigenvalue weighted by atomic mass is 9.82. The number of carboxylic acid groups (broad SMARTS) is 1. The number of Topliss-reactive ketones (excluding diaryl/α,β-unsaturated/α-hetero) is 1. The maximum atomic E-state index is 13.3. The summed E-state index contributed by atoms with van der Waals surface area (Å²) in [5.41, 5.74) is 12.7. The van der Waals surface area contributed by atoms with E-state index in [9.17, 15) is 70.6 Å². The van der Waals surface area contributed by atoms with Gasteiger partial charge in [0.25, 0.3) is 0 Å². The Labute approximate surface area is 457 Å². The lowest BCUT2D eigenvalue weighted by molar-refractivity contribution is -0.308. The highest BCUT2D eigenvalue weighted by Crippen LogP contribution is 2.38. The van der Waals surface area contributed by atoms with Gasteiger partial charge >= 0.3 is 11.9 Å². The van der Waals surface area contributed by atoms with E-state index >= 15 is 0 Å². The average molecular weight is 1100 g/mol. The van der Waals surface area contributed by atoms with Crippen LogP contribution in [0.5, 0.6) is 0 Å². The number of hydrogen-bond donors (Lipinski definition) is 13. The molecule has 1 aromatic carbocycles. The van der Waals surface area contributed by atoms with E-state index in [4.69, 9.17) is 30.4 Å². The highest BCUT2D eigenvalue weighted by molar-refractivity contribution is 5.96. The number of aliphatic hydroxyl groups excluding tert-OH is 9. The SMILES string of the molecule is CC1/C=C/C=C/C=C\C=C/C=C/C=C/C=C/C(OC2O[C@H](C)[C@@H](O)[C@H](N)[C@H]2O)C[C@@H]2OC(O)(CC(O)CC(O)CC(O)CCCC(O)CC(O)CC(=O)OC1C(C)CCC(O)CC(=O)c1ccc(N)cc1)CC(O)C2C(=O)O. The zero-order chi connectivity index (χ0) is 57.5. The highest BCUT2D eigenvalue weighted by Gasteiger charge is 2.51. The number of benzene rings is 1. The predicted octanol–water partition coefficient (Wildman–Crippen LogP) is 3.11. The summed E-state index contributed by atoms with van der Waals surface area (Å²) in [6.45, 7) is 5.29. The monoisotopic (exact) mass is 1100 g/mol. The van der Waals surface area contributed by atoms with E-state index < -0.39 is 135 Å². The maximum Gasteiger partial charge on any atom is 0.311 e. The molecule has 15 N–H and O–H groups in total. The van der Waals surface area contributed by atoms with Gasteiger partial charge < -0.3 is 86.6 Å². The van der Waals surface area contributed by atoms with Gasteiger partial charge in [0.1, 0.15) is 18.1 Å². The van der Waals surface area contributed by atoms with E-state index in [0.717, 1.165) is 0 Å². The normalized spacial score (nSPS) is 38.7. The first kappa shape index (κ1) is 65.8. The Bertz CT molecular complexity index is 2200. The van der Waals surface area contributed by atoms with Gasteiger partial charge in [-0.25, -0.2) is 0 Å². The van der Waals surface area contributed by atoms with Crippen LogP contribution < -0.4 is 11.5 Å². The molecule has 0 aromatic heterocycles. The number of anilines is 1. The van der Waals surface area contributed by atoms with Crippen molar-refractivity contribution in [2.75, 3.05) is 5.73 Å². The fourth-order valence-corrected chi connectivity index (χ4v) is 9.95. The largest absolute Gasteiger partial charge is 0.481 e. The van der Waals surface area contributed by atoms with E-state index in [2.05, 4.69) is 0 Å². The molecule has 78 heavy (non-hydrogen) atoms. The van der Waals surface area contributed by atoms with Crippen LogP contribution in [-0.2, 0) is 28.5 Å². The van der Waals surface area contributed by atoms with Crippen molar-refractivity contribution in [3.05, 3.63) is 115 Å². The van der Waals surface area contributed by atoms with Crippen LogP contribution in [0.3, 0.4) is 0 Å². The topological polar surface area (TPSA) is 363 Å². The minimum absolute atomic E-state index is 0.101. The first-order chi connectivity index (χ1) is 36.9. The molecule has 2 saturated heterocycles. The first-order valence-electron chi connectivity index (χ1n) is 27.0. The summed E-state index contributed by atoms with van der Waals surface area (Å²) in [7, 11) is 0. The Kier molecular flexibility index (Phi) is 27.9. The van der Waals surface area contributed by atoms with Gasteiger partial charge in [0.05, 0.1) is 79.6 Å². The van der Waals surface area contributed by atoms with Gasteiger partial charge in [-0.1, -0.05) is 98.9 Å². The lowest BCUT2D eigenvalue weighted by Crippen LogP contribution is -2.61. The molecule has 3 aliphatic rings. The van der Waals surface area contributed by atoms with Crippen LogP contribution in [0, 0.1) is 17.8 Å². The highest BCUT2D eigenvalue weighted by atomic mass is 16.7. The molecule has 20 heteroatoms. The fraction of sp³-hybridized carbons (Fsp3) is 0.603. The molecule has 1 aromatic rings. The second kappa shape index (κ2) is 33.1. The third-order valence-corrected chi connectivity index (χ3v) is 14.3. The number of ether oxygens (including phenoxy) is 4. The zero-order valence-electron chi connectivity index (χ0n) is 44.9. The fourth-order valence-electron chi connectivity index (χ4n) is 9.95. The van der Waals surface area contributed by atoms with Crippen molar-refractivity contribution in [3.63, 3.8) is 0 Å². The number of aliphatic hydroxyl groups is 10.